The van der Waals surface area contributed by atoms with Gasteiger partial charge in [-0.05, 0) is 41.3 Å². The first kappa shape index (κ1) is 22.2. The summed E-state index contributed by atoms with van der Waals surface area (Å²) in [5, 5.41) is -0.372. The minimum Gasteiger partial charge on any atom is -0.429 e. The van der Waals surface area contributed by atoms with Gasteiger partial charge in [-0.15, -0.1) is 9.24 Å². The molecule has 0 amide bonds. The third-order valence-corrected chi connectivity index (χ3v) is 4.86. The zero-order chi connectivity index (χ0) is 22.1. The molecule has 3 aromatic rings. The molecule has 0 bridgehead atoms. The maximum Gasteiger partial charge on any atom is 0.432 e. The first-order valence-corrected chi connectivity index (χ1v) is 9.60. The van der Waals surface area contributed by atoms with E-state index in [9.17, 15) is 26.3 Å². The molecule has 1 atom stereocenters. The van der Waals surface area contributed by atoms with Crippen LogP contribution in [0.3, 0.4) is 0 Å². The molecule has 0 aliphatic rings. The van der Waals surface area contributed by atoms with Gasteiger partial charge in [0.2, 0.25) is 0 Å². The van der Waals surface area contributed by atoms with Gasteiger partial charge in [-0.1, -0.05) is 37.6 Å². The highest BCUT2D eigenvalue weighted by atomic mass is 31.0. The molecule has 0 aliphatic heterocycles. The van der Waals surface area contributed by atoms with Crippen molar-refractivity contribution in [3.05, 3.63) is 82.9 Å². The number of hydrogen-bond acceptors (Lipinski definition) is 1. The Hall–Kier alpha value is -2.53. The molecule has 0 saturated heterocycles. The molecular formula is C22H17F6OP. The summed E-state index contributed by atoms with van der Waals surface area (Å²) < 4.78 is 89.0. The van der Waals surface area contributed by atoms with Gasteiger partial charge >= 0.3 is 6.11 Å². The van der Waals surface area contributed by atoms with Gasteiger partial charge in [-0.25, -0.2) is 17.6 Å². The SMILES string of the molecule is CCCc1ccc(-c2cc(F)c(C(F)(F)Oc3cc(F)c(F)c(P)c3)c(F)c2)cc1. The molecule has 1 unspecified atom stereocenters. The number of aryl methyl sites for hydroxylation is 1. The molecular weight excluding hydrogens is 425 g/mol. The van der Waals surface area contributed by atoms with Crippen molar-refractivity contribution in [1.29, 1.82) is 0 Å². The monoisotopic (exact) mass is 442 g/mol. The van der Waals surface area contributed by atoms with E-state index in [1.807, 2.05) is 16.2 Å². The molecule has 0 fully saturated rings. The fraction of sp³-hybridized carbons (Fsp3) is 0.182. The Morgan fingerprint density at radius 3 is 1.97 bits per heavy atom. The highest BCUT2D eigenvalue weighted by Gasteiger charge is 2.41. The highest BCUT2D eigenvalue weighted by molar-refractivity contribution is 7.27. The molecule has 3 rings (SSSR count). The minimum atomic E-state index is -4.46. The molecule has 3 aromatic carbocycles. The van der Waals surface area contributed by atoms with Gasteiger partial charge in [-0.2, -0.15) is 8.78 Å². The van der Waals surface area contributed by atoms with Gasteiger partial charge in [0, 0.05) is 11.4 Å². The van der Waals surface area contributed by atoms with Crippen molar-refractivity contribution in [2.75, 3.05) is 0 Å². The number of hydrogen-bond donors (Lipinski definition) is 0. The molecule has 0 heterocycles. The standard InChI is InChI=1S/C22H17F6OP/c1-2-3-12-4-6-13(7-5-12)14-8-16(23)20(17(24)9-14)22(27,28)29-15-10-18(25)21(26)19(30)11-15/h4-11H,2-3,30H2,1H3. The summed E-state index contributed by atoms with van der Waals surface area (Å²) in [6.07, 6.45) is -2.69. The van der Waals surface area contributed by atoms with Crippen LogP contribution in [0.1, 0.15) is 24.5 Å². The molecule has 0 saturated carbocycles. The third kappa shape index (κ3) is 4.62. The van der Waals surface area contributed by atoms with E-state index in [0.717, 1.165) is 36.6 Å². The van der Waals surface area contributed by atoms with Crippen LogP contribution >= 0.6 is 9.24 Å². The predicted octanol–water partition coefficient (Wildman–Crippen LogP) is 6.49. The molecule has 158 valence electrons. The summed E-state index contributed by atoms with van der Waals surface area (Å²) in [6.45, 7) is 2.01. The van der Waals surface area contributed by atoms with Crippen LogP contribution in [0.5, 0.6) is 5.75 Å². The van der Waals surface area contributed by atoms with E-state index >= 15 is 0 Å². The Morgan fingerprint density at radius 1 is 0.833 bits per heavy atom. The van der Waals surface area contributed by atoms with Gasteiger partial charge in [0.05, 0.1) is 0 Å². The molecule has 0 spiro atoms. The van der Waals surface area contributed by atoms with E-state index in [-0.39, 0.29) is 10.9 Å². The smallest absolute Gasteiger partial charge is 0.429 e. The topological polar surface area (TPSA) is 9.23 Å². The van der Waals surface area contributed by atoms with Crippen molar-refractivity contribution in [2.24, 2.45) is 0 Å². The average Bonchev–Trinajstić information content (AvgIpc) is 2.65. The Kier molecular flexibility index (Phi) is 6.41. The van der Waals surface area contributed by atoms with E-state index in [4.69, 9.17) is 0 Å². The third-order valence-electron chi connectivity index (χ3n) is 4.44. The molecule has 0 radical (unpaired) electrons. The molecule has 0 aromatic heterocycles. The first-order chi connectivity index (χ1) is 14.1. The van der Waals surface area contributed by atoms with Crippen LogP contribution in [-0.4, -0.2) is 0 Å². The number of benzene rings is 3. The van der Waals surface area contributed by atoms with Gasteiger partial charge in [0.25, 0.3) is 0 Å². The number of ether oxygens (including phenoxy) is 1. The fourth-order valence-corrected chi connectivity index (χ4v) is 3.31. The zero-order valence-corrected chi connectivity index (χ0v) is 16.9. The number of halogens is 6. The highest BCUT2D eigenvalue weighted by Crippen LogP contribution is 2.37. The van der Waals surface area contributed by atoms with Crippen LogP contribution in [0.4, 0.5) is 26.3 Å². The Bertz CT molecular complexity index is 1020. The molecule has 8 heteroatoms. The minimum absolute atomic E-state index is 0.0765. The lowest BCUT2D eigenvalue weighted by molar-refractivity contribution is -0.189. The molecule has 0 N–H and O–H groups in total. The second-order valence-corrected chi connectivity index (χ2v) is 7.31. The lowest BCUT2D eigenvalue weighted by Crippen LogP contribution is -2.26. The molecule has 30 heavy (non-hydrogen) atoms. The van der Waals surface area contributed by atoms with Crippen LogP contribution in [0.25, 0.3) is 11.1 Å². The van der Waals surface area contributed by atoms with E-state index in [2.05, 4.69) is 4.74 Å². The van der Waals surface area contributed by atoms with Crippen LogP contribution in [-0.2, 0) is 12.5 Å². The summed E-state index contributed by atoms with van der Waals surface area (Å²) in [4.78, 5) is 0. The van der Waals surface area contributed by atoms with E-state index in [1.54, 1.807) is 24.3 Å². The van der Waals surface area contributed by atoms with Crippen molar-refractivity contribution in [3.8, 4) is 16.9 Å². The van der Waals surface area contributed by atoms with Crippen LogP contribution in [0, 0.1) is 23.3 Å². The van der Waals surface area contributed by atoms with Crippen LogP contribution in [0.15, 0.2) is 48.5 Å². The van der Waals surface area contributed by atoms with Gasteiger partial charge < -0.3 is 4.74 Å². The molecule has 1 nitrogen and oxygen atoms in total. The summed E-state index contributed by atoms with van der Waals surface area (Å²) in [5.41, 5.74) is -0.0491. The lowest BCUT2D eigenvalue weighted by Gasteiger charge is -2.20. The van der Waals surface area contributed by atoms with Crippen molar-refractivity contribution in [3.63, 3.8) is 0 Å². The maximum atomic E-state index is 14.5. The van der Waals surface area contributed by atoms with Crippen molar-refractivity contribution in [2.45, 2.75) is 25.9 Å². The summed E-state index contributed by atoms with van der Waals surface area (Å²) in [5.74, 6) is -6.53. The number of alkyl halides is 2. The summed E-state index contributed by atoms with van der Waals surface area (Å²) in [6, 6.07) is 9.59. The zero-order valence-electron chi connectivity index (χ0n) is 15.8. The maximum absolute atomic E-state index is 14.5. The lowest BCUT2D eigenvalue weighted by atomic mass is 10.00. The van der Waals surface area contributed by atoms with Gasteiger partial charge in [-0.3, -0.25) is 0 Å². The fourth-order valence-electron chi connectivity index (χ4n) is 3.01. The van der Waals surface area contributed by atoms with Gasteiger partial charge in [0.15, 0.2) is 11.6 Å². The Labute approximate surface area is 171 Å². The average molecular weight is 442 g/mol. The van der Waals surface area contributed by atoms with E-state index in [1.165, 1.54) is 0 Å². The second kappa shape index (κ2) is 8.68. The van der Waals surface area contributed by atoms with E-state index < -0.39 is 40.7 Å². The Balaban J connectivity index is 1.94. The predicted molar refractivity (Wildman–Crippen MR) is 106 cm³/mol. The van der Waals surface area contributed by atoms with Crippen LogP contribution < -0.4 is 10.0 Å². The van der Waals surface area contributed by atoms with Gasteiger partial charge in [0.1, 0.15) is 22.9 Å². The normalized spacial score (nSPS) is 11.6. The van der Waals surface area contributed by atoms with Crippen molar-refractivity contribution >= 4 is 14.5 Å². The quantitative estimate of drug-likeness (QED) is 0.313. The van der Waals surface area contributed by atoms with Crippen LogP contribution in [0.2, 0.25) is 0 Å². The Morgan fingerprint density at radius 2 is 1.43 bits per heavy atom. The summed E-state index contributed by atoms with van der Waals surface area (Å²) in [7, 11) is 1.81. The largest absolute Gasteiger partial charge is 0.432 e. The number of rotatable bonds is 6. The van der Waals surface area contributed by atoms with Crippen molar-refractivity contribution in [1.82, 2.24) is 0 Å². The van der Waals surface area contributed by atoms with Crippen molar-refractivity contribution < 1.29 is 31.1 Å². The summed E-state index contributed by atoms with van der Waals surface area (Å²) >= 11 is 0. The van der Waals surface area contributed by atoms with E-state index in [0.29, 0.717) is 11.6 Å². The molecule has 0 aliphatic carbocycles. The first-order valence-electron chi connectivity index (χ1n) is 9.02. The second-order valence-electron chi connectivity index (χ2n) is 6.69.